The highest BCUT2D eigenvalue weighted by molar-refractivity contribution is 5.94. The number of rotatable bonds is 6. The number of carbonyl (C=O) groups is 3. The molecule has 17 heavy (non-hydrogen) atoms. The number of methoxy groups -OCH3 is 1. The van der Waals surface area contributed by atoms with E-state index >= 15 is 0 Å². The number of amides is 2. The molecule has 4 N–H and O–H groups in total. The number of carbonyl (C=O) groups excluding carboxylic acids is 3. The molecule has 0 saturated heterocycles. The Morgan fingerprint density at radius 3 is 2.35 bits per heavy atom. The maximum absolute atomic E-state index is 11.1. The van der Waals surface area contributed by atoms with Crippen LogP contribution in [0.5, 0.6) is 0 Å². The summed E-state index contributed by atoms with van der Waals surface area (Å²) in [6.45, 7) is 2.09. The van der Waals surface area contributed by atoms with Gasteiger partial charge in [-0.2, -0.15) is 0 Å². The normalized spacial score (nSPS) is 11.9. The summed E-state index contributed by atoms with van der Waals surface area (Å²) < 4.78 is 4.31. The Hall–Kier alpha value is -1.89. The fraction of sp³-hybridized carbons (Fsp3) is 0.500. The second-order valence-corrected chi connectivity index (χ2v) is 3.23. The fourth-order valence-electron chi connectivity index (χ4n) is 0.803. The first kappa shape index (κ1) is 15.1. The van der Waals surface area contributed by atoms with Gasteiger partial charge in [-0.3, -0.25) is 9.59 Å². The van der Waals surface area contributed by atoms with E-state index in [0.717, 1.165) is 12.2 Å². The Morgan fingerprint density at radius 1 is 1.24 bits per heavy atom. The van der Waals surface area contributed by atoms with Crippen molar-refractivity contribution in [3.05, 3.63) is 12.2 Å². The van der Waals surface area contributed by atoms with Gasteiger partial charge in [0.1, 0.15) is 0 Å². The lowest BCUT2D eigenvalue weighted by Crippen LogP contribution is -2.41. The van der Waals surface area contributed by atoms with E-state index in [2.05, 4.69) is 15.4 Å². The van der Waals surface area contributed by atoms with Crippen LogP contribution in [-0.2, 0) is 19.1 Å². The van der Waals surface area contributed by atoms with Crippen LogP contribution in [0.2, 0.25) is 0 Å². The lowest BCUT2D eigenvalue weighted by Gasteiger charge is -2.07. The molecule has 7 heteroatoms. The smallest absolute Gasteiger partial charge is 0.330 e. The second-order valence-electron chi connectivity index (χ2n) is 3.23. The molecule has 0 radical (unpaired) electrons. The summed E-state index contributed by atoms with van der Waals surface area (Å²) >= 11 is 0. The Kier molecular flexibility index (Phi) is 7.36. The largest absolute Gasteiger partial charge is 0.466 e. The minimum Gasteiger partial charge on any atom is -0.466 e. The predicted molar refractivity (Wildman–Crippen MR) is 60.8 cm³/mol. The van der Waals surface area contributed by atoms with Crippen LogP contribution in [0.15, 0.2) is 12.2 Å². The fourth-order valence-corrected chi connectivity index (χ4v) is 0.803. The molecular weight excluding hydrogens is 226 g/mol. The number of ether oxygens (including phenoxy) is 1. The molecule has 0 aromatic heterocycles. The lowest BCUT2D eigenvalue weighted by atomic mass is 10.3. The molecule has 1 atom stereocenters. The van der Waals surface area contributed by atoms with Crippen molar-refractivity contribution in [2.24, 2.45) is 5.73 Å². The predicted octanol–water partition coefficient (Wildman–Crippen LogP) is -1.70. The van der Waals surface area contributed by atoms with E-state index in [0.29, 0.717) is 0 Å². The average Bonchev–Trinajstić information content (AvgIpc) is 2.30. The highest BCUT2D eigenvalue weighted by Gasteiger charge is 2.05. The summed E-state index contributed by atoms with van der Waals surface area (Å²) in [7, 11) is 1.22. The van der Waals surface area contributed by atoms with Crippen LogP contribution in [0.3, 0.4) is 0 Å². The van der Waals surface area contributed by atoms with E-state index in [-0.39, 0.29) is 19.0 Å². The summed E-state index contributed by atoms with van der Waals surface area (Å²) in [4.78, 5) is 32.8. The SMILES string of the molecule is COC(=O)/C=C/C(=O)NCCNC(=O)[C@H](C)N. The zero-order valence-corrected chi connectivity index (χ0v) is 9.86. The first-order chi connectivity index (χ1) is 7.97. The number of esters is 1. The van der Waals surface area contributed by atoms with Crippen molar-refractivity contribution in [1.29, 1.82) is 0 Å². The molecule has 0 bridgehead atoms. The van der Waals surface area contributed by atoms with Gasteiger partial charge in [0, 0.05) is 25.2 Å². The van der Waals surface area contributed by atoms with E-state index in [4.69, 9.17) is 5.73 Å². The summed E-state index contributed by atoms with van der Waals surface area (Å²) in [6, 6.07) is -0.579. The molecule has 0 spiro atoms. The minimum atomic E-state index is -0.606. The van der Waals surface area contributed by atoms with Gasteiger partial charge in [0.15, 0.2) is 0 Å². The molecule has 2 amide bonds. The van der Waals surface area contributed by atoms with Crippen molar-refractivity contribution in [3.8, 4) is 0 Å². The van der Waals surface area contributed by atoms with Gasteiger partial charge in [0.05, 0.1) is 13.2 Å². The second kappa shape index (κ2) is 8.28. The monoisotopic (exact) mass is 243 g/mol. The van der Waals surface area contributed by atoms with Crippen molar-refractivity contribution in [2.45, 2.75) is 13.0 Å². The molecule has 0 aliphatic rings. The molecule has 0 heterocycles. The highest BCUT2D eigenvalue weighted by atomic mass is 16.5. The van der Waals surface area contributed by atoms with Crippen LogP contribution in [0, 0.1) is 0 Å². The molecule has 96 valence electrons. The zero-order chi connectivity index (χ0) is 13.3. The van der Waals surface area contributed by atoms with Crippen LogP contribution >= 0.6 is 0 Å². The summed E-state index contributed by atoms with van der Waals surface area (Å²) in [6.07, 6.45) is 2.06. The third kappa shape index (κ3) is 7.97. The molecule has 0 saturated carbocycles. The zero-order valence-electron chi connectivity index (χ0n) is 9.86. The molecule has 0 fully saturated rings. The van der Waals surface area contributed by atoms with Crippen molar-refractivity contribution in [1.82, 2.24) is 10.6 Å². The lowest BCUT2D eigenvalue weighted by molar-refractivity contribution is -0.135. The average molecular weight is 243 g/mol. The Morgan fingerprint density at radius 2 is 1.82 bits per heavy atom. The van der Waals surface area contributed by atoms with Gasteiger partial charge in [-0.15, -0.1) is 0 Å². The van der Waals surface area contributed by atoms with Crippen molar-refractivity contribution >= 4 is 17.8 Å². The van der Waals surface area contributed by atoms with Crippen molar-refractivity contribution in [2.75, 3.05) is 20.2 Å². The van der Waals surface area contributed by atoms with Crippen LogP contribution in [0.1, 0.15) is 6.92 Å². The number of nitrogens with one attached hydrogen (secondary N) is 2. The molecule has 0 rings (SSSR count). The van der Waals surface area contributed by atoms with Crippen LogP contribution in [0.25, 0.3) is 0 Å². The first-order valence-electron chi connectivity index (χ1n) is 5.04. The third-order valence-corrected chi connectivity index (χ3v) is 1.71. The van der Waals surface area contributed by atoms with Crippen LogP contribution in [0.4, 0.5) is 0 Å². The number of nitrogens with two attached hydrogens (primary N) is 1. The van der Waals surface area contributed by atoms with E-state index in [9.17, 15) is 14.4 Å². The Labute approximate surface area is 99.4 Å². The maximum Gasteiger partial charge on any atom is 0.330 e. The van der Waals surface area contributed by atoms with Gasteiger partial charge in [-0.05, 0) is 6.92 Å². The van der Waals surface area contributed by atoms with Gasteiger partial charge < -0.3 is 21.1 Å². The molecule has 0 unspecified atom stereocenters. The van der Waals surface area contributed by atoms with Crippen LogP contribution in [-0.4, -0.2) is 44.0 Å². The minimum absolute atomic E-state index is 0.253. The standard InChI is InChI=1S/C10H17N3O4/c1-7(11)10(16)13-6-5-12-8(14)3-4-9(15)17-2/h3-4,7H,5-6,11H2,1-2H3,(H,12,14)(H,13,16)/b4-3+/t7-/m0/s1. The quantitative estimate of drug-likeness (QED) is 0.292. The van der Waals surface area contributed by atoms with Gasteiger partial charge in [0.25, 0.3) is 0 Å². The maximum atomic E-state index is 11.1. The number of hydrogen-bond acceptors (Lipinski definition) is 5. The highest BCUT2D eigenvalue weighted by Crippen LogP contribution is 1.78. The molecule has 0 aliphatic heterocycles. The van der Waals surface area contributed by atoms with Crippen molar-refractivity contribution < 1.29 is 19.1 Å². The third-order valence-electron chi connectivity index (χ3n) is 1.71. The van der Waals surface area contributed by atoms with Gasteiger partial charge >= 0.3 is 5.97 Å². The van der Waals surface area contributed by atoms with Crippen molar-refractivity contribution in [3.63, 3.8) is 0 Å². The molecule has 7 nitrogen and oxygen atoms in total. The first-order valence-corrected chi connectivity index (χ1v) is 5.04. The van der Waals surface area contributed by atoms with Gasteiger partial charge in [0.2, 0.25) is 11.8 Å². The van der Waals surface area contributed by atoms with E-state index in [1.807, 2.05) is 0 Å². The number of hydrogen-bond donors (Lipinski definition) is 3. The topological polar surface area (TPSA) is 111 Å². The Balaban J connectivity index is 3.69. The molecule has 0 aromatic carbocycles. The van der Waals surface area contributed by atoms with Crippen LogP contribution < -0.4 is 16.4 Å². The van der Waals surface area contributed by atoms with E-state index in [1.165, 1.54) is 7.11 Å². The summed E-state index contributed by atoms with van der Waals surface area (Å²) in [5.74, 6) is -1.33. The van der Waals surface area contributed by atoms with Gasteiger partial charge in [-0.1, -0.05) is 0 Å². The Bertz CT molecular complexity index is 313. The summed E-state index contributed by atoms with van der Waals surface area (Å²) in [5.41, 5.74) is 5.31. The van der Waals surface area contributed by atoms with E-state index < -0.39 is 17.9 Å². The van der Waals surface area contributed by atoms with Gasteiger partial charge in [-0.25, -0.2) is 4.79 Å². The molecule has 0 aliphatic carbocycles. The summed E-state index contributed by atoms with van der Waals surface area (Å²) in [5, 5.41) is 4.99. The molecule has 0 aromatic rings. The van der Waals surface area contributed by atoms with E-state index in [1.54, 1.807) is 6.92 Å². The molecular formula is C10H17N3O4.